The van der Waals surface area contributed by atoms with Gasteiger partial charge in [-0.2, -0.15) is 13.0 Å². The van der Waals surface area contributed by atoms with E-state index >= 15 is 0 Å². The molecule has 0 spiro atoms. The molecule has 17 heavy (non-hydrogen) atoms. The normalized spacial score (nSPS) is 11.4. The fourth-order valence-corrected chi connectivity index (χ4v) is 2.09. The molecule has 0 saturated carbocycles. The molecule has 0 saturated heterocycles. The van der Waals surface area contributed by atoms with Crippen molar-refractivity contribution in [2.24, 2.45) is 0 Å². The molecule has 0 aliphatic heterocycles. The number of hydrogen-bond acceptors (Lipinski definition) is 2. The predicted molar refractivity (Wildman–Crippen MR) is 62.5 cm³/mol. The van der Waals surface area contributed by atoms with Crippen LogP contribution in [-0.4, -0.2) is 13.0 Å². The Morgan fingerprint density at radius 3 is 2.35 bits per heavy atom. The van der Waals surface area contributed by atoms with Crippen LogP contribution < -0.4 is 4.57 Å². The topological polar surface area (TPSA) is 58.3 Å². The van der Waals surface area contributed by atoms with Gasteiger partial charge in [0.15, 0.2) is 12.4 Å². The summed E-state index contributed by atoms with van der Waals surface area (Å²) in [6, 6.07) is 10.1. The molecular weight excluding hydrogens is 238 g/mol. The lowest BCUT2D eigenvalue weighted by molar-refractivity contribution is -0.596. The van der Waals surface area contributed by atoms with Gasteiger partial charge in [0.25, 0.3) is 10.1 Å². The van der Waals surface area contributed by atoms with Crippen molar-refractivity contribution >= 4 is 10.1 Å². The fourth-order valence-electron chi connectivity index (χ4n) is 1.59. The van der Waals surface area contributed by atoms with E-state index in [0.29, 0.717) is 0 Å². The Morgan fingerprint density at radius 2 is 1.76 bits per heavy atom. The lowest BCUT2D eigenvalue weighted by Gasteiger charge is -2.02. The molecule has 0 unspecified atom stereocenters. The number of nitrogens with zero attached hydrogens (tertiary/aromatic N) is 1. The van der Waals surface area contributed by atoms with Crippen molar-refractivity contribution in [3.63, 3.8) is 0 Å². The molecule has 0 bridgehead atoms. The molecule has 0 radical (unpaired) electrons. The van der Waals surface area contributed by atoms with Crippen LogP contribution in [0.25, 0.3) is 5.69 Å². The van der Waals surface area contributed by atoms with E-state index < -0.39 is 10.1 Å². The average Bonchev–Trinajstić information content (AvgIpc) is 2.29. The van der Waals surface area contributed by atoms with Crippen molar-refractivity contribution < 1.29 is 17.5 Å². The van der Waals surface area contributed by atoms with E-state index in [-0.39, 0.29) is 4.90 Å². The first-order valence-corrected chi connectivity index (χ1v) is 6.47. The third-order valence-electron chi connectivity index (χ3n) is 2.47. The largest absolute Gasteiger partial charge is 0.294 e. The van der Waals surface area contributed by atoms with Crippen LogP contribution in [0.4, 0.5) is 0 Å². The third kappa shape index (κ3) is 2.51. The number of pyridine rings is 1. The number of rotatable bonds is 2. The molecular formula is C12H12NO3S+. The zero-order valence-corrected chi connectivity index (χ0v) is 10.1. The molecule has 1 N–H and O–H groups in total. The third-order valence-corrected chi connectivity index (χ3v) is 3.32. The summed E-state index contributed by atoms with van der Waals surface area (Å²) in [4.78, 5) is -0.102. The van der Waals surface area contributed by atoms with Crippen molar-refractivity contribution in [1.29, 1.82) is 0 Å². The minimum atomic E-state index is -4.16. The summed E-state index contributed by atoms with van der Waals surface area (Å²) in [5.74, 6) is 0. The van der Waals surface area contributed by atoms with E-state index in [1.807, 2.05) is 37.5 Å². The Labute approximate surface area is 99.9 Å². The van der Waals surface area contributed by atoms with Crippen molar-refractivity contribution in [3.05, 3.63) is 54.4 Å². The van der Waals surface area contributed by atoms with Gasteiger partial charge in [-0.05, 0) is 13.0 Å². The van der Waals surface area contributed by atoms with Crippen LogP contribution in [-0.2, 0) is 10.1 Å². The van der Waals surface area contributed by atoms with Crippen molar-refractivity contribution in [1.82, 2.24) is 0 Å². The fraction of sp³-hybridized carbons (Fsp3) is 0.0833. The number of aryl methyl sites for hydroxylation is 1. The quantitative estimate of drug-likeness (QED) is 0.649. The van der Waals surface area contributed by atoms with Gasteiger partial charge in [-0.25, -0.2) is 0 Å². The van der Waals surface area contributed by atoms with E-state index in [2.05, 4.69) is 0 Å². The van der Waals surface area contributed by atoms with Crippen molar-refractivity contribution in [2.45, 2.75) is 11.8 Å². The molecule has 5 heteroatoms. The Hall–Kier alpha value is -1.72. The van der Waals surface area contributed by atoms with Gasteiger partial charge in [-0.1, -0.05) is 12.1 Å². The summed E-state index contributed by atoms with van der Waals surface area (Å²) in [5.41, 5.74) is 1.65. The maximum absolute atomic E-state index is 11.1. The number of hydrogen-bond donors (Lipinski definition) is 1. The first-order chi connectivity index (χ1) is 7.98. The number of benzene rings is 1. The lowest BCUT2D eigenvalue weighted by atomic mass is 10.2. The second-order valence-corrected chi connectivity index (χ2v) is 5.13. The van der Waals surface area contributed by atoms with Gasteiger partial charge >= 0.3 is 0 Å². The Balaban J connectivity index is 2.63. The number of aromatic nitrogens is 1. The average molecular weight is 250 g/mol. The highest BCUT2D eigenvalue weighted by atomic mass is 32.2. The van der Waals surface area contributed by atoms with Gasteiger partial charge in [0, 0.05) is 23.8 Å². The van der Waals surface area contributed by atoms with Crippen molar-refractivity contribution in [2.75, 3.05) is 0 Å². The highest BCUT2D eigenvalue weighted by molar-refractivity contribution is 7.85. The van der Waals surface area contributed by atoms with E-state index in [1.54, 1.807) is 10.6 Å². The standard InChI is InChI=1S/C12H11NO3S/c1-10-5-6-11(17(14,15)16)9-12(10)13-7-3-2-4-8-13/h2-9H,1H3/p+1. The zero-order chi connectivity index (χ0) is 12.5. The van der Waals surface area contributed by atoms with Crippen LogP contribution in [0.3, 0.4) is 0 Å². The van der Waals surface area contributed by atoms with Gasteiger partial charge < -0.3 is 0 Å². The first-order valence-electron chi connectivity index (χ1n) is 5.03. The second kappa shape index (κ2) is 4.27. The molecule has 0 atom stereocenters. The molecule has 0 amide bonds. The van der Waals surface area contributed by atoms with Crippen molar-refractivity contribution in [3.8, 4) is 5.69 Å². The first kappa shape index (κ1) is 11.8. The van der Waals surface area contributed by atoms with Crippen LogP contribution in [0.1, 0.15) is 5.56 Å². The minimum Gasteiger partial charge on any atom is -0.282 e. The second-order valence-electron chi connectivity index (χ2n) is 3.71. The lowest BCUT2D eigenvalue weighted by Crippen LogP contribution is -2.30. The molecule has 0 aliphatic carbocycles. The SMILES string of the molecule is Cc1ccc(S(=O)(=O)O)cc1-[n+]1ccccc1. The maximum atomic E-state index is 11.1. The summed E-state index contributed by atoms with van der Waals surface area (Å²) in [6.45, 7) is 1.88. The molecule has 0 fully saturated rings. The molecule has 2 rings (SSSR count). The van der Waals surface area contributed by atoms with Crippen LogP contribution in [0, 0.1) is 6.92 Å². The predicted octanol–water partition coefficient (Wildman–Crippen LogP) is 1.52. The summed E-state index contributed by atoms with van der Waals surface area (Å²) in [6.07, 6.45) is 3.63. The van der Waals surface area contributed by atoms with E-state index in [0.717, 1.165) is 11.3 Å². The van der Waals surface area contributed by atoms with Crippen LogP contribution in [0.2, 0.25) is 0 Å². The smallest absolute Gasteiger partial charge is 0.282 e. The Kier molecular flexibility index (Phi) is 2.95. The molecule has 0 aliphatic rings. The Morgan fingerprint density at radius 1 is 1.12 bits per heavy atom. The van der Waals surface area contributed by atoms with Gasteiger partial charge in [0.05, 0.1) is 0 Å². The maximum Gasteiger partial charge on any atom is 0.294 e. The monoisotopic (exact) mass is 250 g/mol. The Bertz CT molecular complexity index is 636. The van der Waals surface area contributed by atoms with Gasteiger partial charge in [0.1, 0.15) is 4.90 Å². The molecule has 4 nitrogen and oxygen atoms in total. The van der Waals surface area contributed by atoms with E-state index in [9.17, 15) is 8.42 Å². The summed E-state index contributed by atoms with van der Waals surface area (Å²) in [5, 5.41) is 0. The molecule has 1 heterocycles. The molecule has 1 aromatic heterocycles. The molecule has 2 aromatic rings. The van der Waals surface area contributed by atoms with Crippen LogP contribution in [0.5, 0.6) is 0 Å². The molecule has 1 aromatic carbocycles. The molecule has 88 valence electrons. The van der Waals surface area contributed by atoms with E-state index in [4.69, 9.17) is 4.55 Å². The minimum absolute atomic E-state index is 0.102. The highest BCUT2D eigenvalue weighted by Gasteiger charge is 2.16. The van der Waals surface area contributed by atoms with Crippen LogP contribution >= 0.6 is 0 Å². The van der Waals surface area contributed by atoms with E-state index in [1.165, 1.54) is 12.1 Å². The van der Waals surface area contributed by atoms with Gasteiger partial charge in [-0.3, -0.25) is 4.55 Å². The summed E-state index contributed by atoms with van der Waals surface area (Å²) < 4.78 is 33.0. The summed E-state index contributed by atoms with van der Waals surface area (Å²) >= 11 is 0. The zero-order valence-electron chi connectivity index (χ0n) is 9.24. The highest BCUT2D eigenvalue weighted by Crippen LogP contribution is 2.15. The summed E-state index contributed by atoms with van der Waals surface area (Å²) in [7, 11) is -4.16. The van der Waals surface area contributed by atoms with Crippen LogP contribution in [0.15, 0.2) is 53.7 Å². The van der Waals surface area contributed by atoms with Gasteiger partial charge in [0.2, 0.25) is 5.69 Å². The van der Waals surface area contributed by atoms with Gasteiger partial charge in [-0.15, -0.1) is 0 Å².